The first-order valence-corrected chi connectivity index (χ1v) is 16.3. The Hall–Kier alpha value is -3.02. The number of unbranched alkanes of at least 4 members (excludes halogenated alkanes) is 2. The predicted molar refractivity (Wildman–Crippen MR) is 168 cm³/mol. The number of hydrogen-bond acceptors (Lipinski definition) is 7. The van der Waals surface area contributed by atoms with Crippen LogP contribution in [0.3, 0.4) is 0 Å². The molecule has 10 nitrogen and oxygen atoms in total. The number of alkyl halides is 1. The minimum atomic E-state index is -1.20. The van der Waals surface area contributed by atoms with Crippen LogP contribution in [0.5, 0.6) is 0 Å². The molecule has 3 amide bonds. The van der Waals surface area contributed by atoms with E-state index < -0.39 is 41.7 Å². The standard InChI is InChI=1S/C33H44BrN3O7/c1-4-6-15-25(39)35-20-22(3)43-32(42)26-27-30(40)37(17-11-8-12-18-38)29(33(27)19-24(34)28(26)44-33)31(41)36(16-5-2)21-23-13-9-7-10-14-23/h4-5,7,9-10,13-14,22,24,26-29,38H,1-2,6,8,11-12,15-21H2,3H3,(H,35,39)/t22-,24?,26+,27-,28+,29+,33-/m1/s1. The van der Waals surface area contributed by atoms with E-state index in [1.54, 1.807) is 28.9 Å². The van der Waals surface area contributed by atoms with E-state index >= 15 is 0 Å². The molecule has 0 aliphatic carbocycles. The average molecular weight is 675 g/mol. The van der Waals surface area contributed by atoms with E-state index in [0.717, 1.165) is 5.56 Å². The van der Waals surface area contributed by atoms with Crippen molar-refractivity contribution in [1.82, 2.24) is 15.1 Å². The van der Waals surface area contributed by atoms with Gasteiger partial charge in [0.25, 0.3) is 0 Å². The van der Waals surface area contributed by atoms with E-state index in [9.17, 15) is 24.3 Å². The molecule has 0 saturated carbocycles. The smallest absolute Gasteiger partial charge is 0.312 e. The van der Waals surface area contributed by atoms with Crippen LogP contribution >= 0.6 is 15.9 Å². The average Bonchev–Trinajstić information content (AvgIpc) is 3.60. The van der Waals surface area contributed by atoms with Crippen molar-refractivity contribution in [2.75, 3.05) is 26.2 Å². The number of halogens is 1. The van der Waals surface area contributed by atoms with Crippen molar-refractivity contribution in [3.8, 4) is 0 Å². The quantitative estimate of drug-likeness (QED) is 0.113. The van der Waals surface area contributed by atoms with Gasteiger partial charge in [-0.2, -0.15) is 0 Å². The maximum absolute atomic E-state index is 14.5. The summed E-state index contributed by atoms with van der Waals surface area (Å²) < 4.78 is 12.4. The minimum Gasteiger partial charge on any atom is -0.460 e. The summed E-state index contributed by atoms with van der Waals surface area (Å²) in [6.45, 7) is 10.3. The number of nitrogens with zero attached hydrogens (tertiary/aromatic N) is 2. The molecule has 3 heterocycles. The lowest BCUT2D eigenvalue weighted by atomic mass is 9.70. The molecule has 11 heteroatoms. The van der Waals surface area contributed by atoms with Crippen molar-refractivity contribution >= 4 is 39.6 Å². The highest BCUT2D eigenvalue weighted by molar-refractivity contribution is 9.09. The molecule has 3 aliphatic heterocycles. The van der Waals surface area contributed by atoms with Crippen LogP contribution < -0.4 is 5.32 Å². The van der Waals surface area contributed by atoms with Gasteiger partial charge in [0.2, 0.25) is 17.7 Å². The van der Waals surface area contributed by atoms with Crippen LogP contribution in [-0.2, 0) is 35.2 Å². The Kier molecular flexibility index (Phi) is 11.8. The van der Waals surface area contributed by atoms with Gasteiger partial charge in [-0.1, -0.05) is 58.4 Å². The summed E-state index contributed by atoms with van der Waals surface area (Å²) in [6.07, 6.45) is 5.16. The fourth-order valence-electron chi connectivity index (χ4n) is 6.75. The van der Waals surface area contributed by atoms with E-state index in [1.807, 2.05) is 30.3 Å². The van der Waals surface area contributed by atoms with Crippen LogP contribution in [-0.4, -0.2) is 93.5 Å². The van der Waals surface area contributed by atoms with Crippen LogP contribution in [0.15, 0.2) is 55.6 Å². The molecule has 3 fully saturated rings. The van der Waals surface area contributed by atoms with Crippen molar-refractivity contribution in [2.24, 2.45) is 11.8 Å². The molecule has 0 aromatic heterocycles. The number of benzene rings is 1. The van der Waals surface area contributed by atoms with Crippen LogP contribution in [0.25, 0.3) is 0 Å². The third kappa shape index (κ3) is 7.10. The van der Waals surface area contributed by atoms with Crippen molar-refractivity contribution in [3.63, 3.8) is 0 Å². The number of amides is 3. The van der Waals surface area contributed by atoms with Crippen molar-refractivity contribution < 1.29 is 33.8 Å². The van der Waals surface area contributed by atoms with Gasteiger partial charge in [0.1, 0.15) is 17.7 Å². The number of rotatable bonds is 17. The number of nitrogens with one attached hydrogen (secondary N) is 1. The number of carbonyl (C=O) groups excluding carboxylic acids is 4. The fourth-order valence-corrected chi connectivity index (χ4v) is 7.69. The van der Waals surface area contributed by atoms with Gasteiger partial charge in [-0.15, -0.1) is 13.2 Å². The summed E-state index contributed by atoms with van der Waals surface area (Å²) in [5.41, 5.74) is -0.260. The largest absolute Gasteiger partial charge is 0.460 e. The number of aliphatic hydroxyl groups excluding tert-OH is 1. The predicted octanol–water partition coefficient (Wildman–Crippen LogP) is 3.13. The second kappa shape index (κ2) is 15.3. The zero-order valence-corrected chi connectivity index (χ0v) is 27.0. The summed E-state index contributed by atoms with van der Waals surface area (Å²) in [7, 11) is 0. The van der Waals surface area contributed by atoms with Crippen LogP contribution in [0.2, 0.25) is 0 Å². The summed E-state index contributed by atoms with van der Waals surface area (Å²) >= 11 is 3.69. The second-order valence-corrected chi connectivity index (χ2v) is 13.0. The Bertz CT molecular complexity index is 1210. The topological polar surface area (TPSA) is 125 Å². The molecule has 2 bridgehead atoms. The summed E-state index contributed by atoms with van der Waals surface area (Å²) in [6, 6.07) is 8.69. The Morgan fingerprint density at radius 1 is 1.23 bits per heavy atom. The van der Waals surface area contributed by atoms with Crippen LogP contribution in [0.1, 0.15) is 51.0 Å². The van der Waals surface area contributed by atoms with E-state index in [4.69, 9.17) is 9.47 Å². The molecule has 1 unspecified atom stereocenters. The van der Waals surface area contributed by atoms with Gasteiger partial charge in [0.15, 0.2) is 0 Å². The monoisotopic (exact) mass is 673 g/mol. The van der Waals surface area contributed by atoms with E-state index in [2.05, 4.69) is 34.4 Å². The summed E-state index contributed by atoms with van der Waals surface area (Å²) in [5.74, 6) is -3.07. The molecule has 0 radical (unpaired) electrons. The Labute approximate surface area is 267 Å². The molecule has 7 atom stereocenters. The molecule has 240 valence electrons. The number of aliphatic hydroxyl groups is 1. The maximum atomic E-state index is 14.5. The normalized spacial score (nSPS) is 27.5. The SMILES string of the molecule is C=CCCC(=O)NC[C@@H](C)OC(=O)[C@@H]1[C@H]2O[C@@]3(CC2Br)[C@H](C(=O)N(CC=C)Cc2ccccc2)N(CCCCCO)C(=O)[C@@H]13. The number of hydrogen-bond donors (Lipinski definition) is 2. The molecule has 1 aromatic carbocycles. The van der Waals surface area contributed by atoms with Crippen molar-refractivity contribution in [2.45, 2.75) is 80.7 Å². The highest BCUT2D eigenvalue weighted by atomic mass is 79.9. The molecule has 44 heavy (non-hydrogen) atoms. The lowest BCUT2D eigenvalue weighted by Crippen LogP contribution is -2.56. The first-order chi connectivity index (χ1) is 21.2. The van der Waals surface area contributed by atoms with Crippen molar-refractivity contribution in [3.05, 3.63) is 61.2 Å². The molecule has 3 aliphatic rings. The third-order valence-corrected chi connectivity index (χ3v) is 9.55. The third-order valence-electron chi connectivity index (χ3n) is 8.71. The van der Waals surface area contributed by atoms with E-state index in [-0.39, 0.29) is 42.2 Å². The lowest BCUT2D eigenvalue weighted by molar-refractivity contribution is -0.159. The van der Waals surface area contributed by atoms with Gasteiger partial charge in [-0.05, 0) is 44.6 Å². The van der Waals surface area contributed by atoms with E-state index in [1.165, 1.54) is 0 Å². The molecule has 4 rings (SSSR count). The zero-order chi connectivity index (χ0) is 31.9. The maximum Gasteiger partial charge on any atom is 0.312 e. The first kappa shape index (κ1) is 33.9. The second-order valence-electron chi connectivity index (χ2n) is 11.9. The number of likely N-dealkylation sites (tertiary alicyclic amines) is 1. The minimum absolute atomic E-state index is 0.0456. The van der Waals surface area contributed by atoms with Crippen LogP contribution in [0.4, 0.5) is 0 Å². The number of carbonyl (C=O) groups is 4. The Balaban J connectivity index is 1.59. The van der Waals surface area contributed by atoms with Crippen molar-refractivity contribution in [1.29, 1.82) is 0 Å². The molecular formula is C33H44BrN3O7. The number of esters is 1. The van der Waals surface area contributed by atoms with Gasteiger partial charge in [-0.3, -0.25) is 19.2 Å². The van der Waals surface area contributed by atoms with Gasteiger partial charge in [-0.25, -0.2) is 0 Å². The lowest BCUT2D eigenvalue weighted by Gasteiger charge is -2.37. The van der Waals surface area contributed by atoms with Crippen LogP contribution in [0, 0.1) is 11.8 Å². The molecule has 3 saturated heterocycles. The summed E-state index contributed by atoms with van der Waals surface area (Å²) in [4.78, 5) is 57.5. The highest BCUT2D eigenvalue weighted by Crippen LogP contribution is 2.60. The molecule has 2 N–H and O–H groups in total. The number of allylic oxidation sites excluding steroid dienone is 1. The molecule has 1 aromatic rings. The number of fused-ring (bicyclic) bond motifs is 1. The first-order valence-electron chi connectivity index (χ1n) is 15.4. The van der Waals surface area contributed by atoms with Gasteiger partial charge < -0.3 is 29.7 Å². The molecule has 1 spiro atoms. The Morgan fingerprint density at radius 3 is 2.66 bits per heavy atom. The summed E-state index contributed by atoms with van der Waals surface area (Å²) in [5, 5.41) is 12.0. The molecular weight excluding hydrogens is 630 g/mol. The van der Waals surface area contributed by atoms with Gasteiger partial charge >= 0.3 is 5.97 Å². The zero-order valence-electron chi connectivity index (χ0n) is 25.4. The fraction of sp³-hybridized carbons (Fsp3) is 0.576. The van der Waals surface area contributed by atoms with E-state index in [0.29, 0.717) is 51.6 Å². The number of ether oxygens (including phenoxy) is 2. The van der Waals surface area contributed by atoms with Gasteiger partial charge in [0.05, 0.1) is 24.5 Å². The highest BCUT2D eigenvalue weighted by Gasteiger charge is 2.77. The van der Waals surface area contributed by atoms with Gasteiger partial charge in [0, 0.05) is 37.5 Å². The Morgan fingerprint density at radius 2 is 1.98 bits per heavy atom.